The molecule has 1 aromatic heterocycles. The van der Waals surface area contributed by atoms with Gasteiger partial charge in [0.15, 0.2) is 0 Å². The van der Waals surface area contributed by atoms with Crippen LogP contribution in [0.2, 0.25) is 0 Å². The lowest BCUT2D eigenvalue weighted by Crippen LogP contribution is -2.12. The van der Waals surface area contributed by atoms with Crippen molar-refractivity contribution in [2.24, 2.45) is 5.16 Å². The first-order valence-corrected chi connectivity index (χ1v) is 11.2. The summed E-state index contributed by atoms with van der Waals surface area (Å²) >= 11 is 0. The number of carbonyl (C=O) groups is 1. The third-order valence-electron chi connectivity index (χ3n) is 5.97. The van der Waals surface area contributed by atoms with E-state index in [1.54, 1.807) is 24.4 Å². The Morgan fingerprint density at radius 3 is 2.40 bits per heavy atom. The molecular weight excluding hydrogens is 440 g/mol. The van der Waals surface area contributed by atoms with Crippen LogP contribution in [0.3, 0.4) is 0 Å². The van der Waals surface area contributed by atoms with E-state index >= 15 is 0 Å². The molecule has 0 amide bonds. The van der Waals surface area contributed by atoms with Gasteiger partial charge in [-0.1, -0.05) is 65.8 Å². The second-order valence-corrected chi connectivity index (χ2v) is 8.37. The van der Waals surface area contributed by atoms with E-state index in [-0.39, 0.29) is 11.7 Å². The first-order valence-electron chi connectivity index (χ1n) is 11.2. The number of aromatic nitrogens is 1. The van der Waals surface area contributed by atoms with Crippen LogP contribution in [-0.2, 0) is 0 Å². The van der Waals surface area contributed by atoms with Gasteiger partial charge in [-0.15, -0.1) is 0 Å². The van der Waals surface area contributed by atoms with E-state index in [9.17, 15) is 10.0 Å². The van der Waals surface area contributed by atoms with Crippen molar-refractivity contribution in [3.63, 3.8) is 0 Å². The summed E-state index contributed by atoms with van der Waals surface area (Å²) in [5, 5.41) is 22.5. The second-order valence-electron chi connectivity index (χ2n) is 8.37. The predicted octanol–water partition coefficient (Wildman–Crippen LogP) is 6.82. The van der Waals surface area contributed by atoms with Crippen LogP contribution in [-0.4, -0.2) is 27.2 Å². The smallest absolute Gasteiger partial charge is 0.449 e. The largest absolute Gasteiger partial charge is 0.511 e. The van der Waals surface area contributed by atoms with Crippen molar-refractivity contribution in [3.05, 3.63) is 119 Å². The van der Waals surface area contributed by atoms with E-state index in [1.807, 2.05) is 49.4 Å². The zero-order chi connectivity index (χ0) is 24.8. The van der Waals surface area contributed by atoms with Crippen LogP contribution in [0, 0.1) is 13.8 Å². The van der Waals surface area contributed by atoms with Crippen molar-refractivity contribution in [2.75, 3.05) is 0 Å². The molecule has 0 fully saturated rings. The Kier molecular flexibility index (Phi) is 7.21. The highest BCUT2D eigenvalue weighted by atomic mass is 16.7. The molecule has 0 saturated heterocycles. The van der Waals surface area contributed by atoms with E-state index in [0.717, 1.165) is 39.1 Å². The number of pyridine rings is 1. The van der Waals surface area contributed by atoms with Gasteiger partial charge in [0, 0.05) is 29.8 Å². The fraction of sp³-hybridized carbons (Fsp3) is 0.138. The Balaban J connectivity index is 1.76. The molecular formula is C29H26N2O4. The van der Waals surface area contributed by atoms with Crippen molar-refractivity contribution in [1.82, 2.24) is 4.98 Å². The molecule has 1 unspecified atom stereocenters. The molecule has 1 heterocycles. The number of aryl methyl sites for hydroxylation is 2. The van der Waals surface area contributed by atoms with Crippen LogP contribution in [0.5, 0.6) is 5.75 Å². The first-order chi connectivity index (χ1) is 16.9. The SMILES string of the molecule is Cc1cc(C(CC(c2cccc(-c3cccc(OC(=O)O)c3)c2)c2ccccc2C)=NO)ccn1. The third kappa shape index (κ3) is 5.73. The summed E-state index contributed by atoms with van der Waals surface area (Å²) in [5.41, 5.74) is 7.35. The van der Waals surface area contributed by atoms with E-state index < -0.39 is 6.16 Å². The van der Waals surface area contributed by atoms with E-state index in [0.29, 0.717) is 12.1 Å². The summed E-state index contributed by atoms with van der Waals surface area (Å²) < 4.78 is 4.83. The monoisotopic (exact) mass is 466 g/mol. The molecule has 0 aliphatic carbocycles. The zero-order valence-electron chi connectivity index (χ0n) is 19.6. The van der Waals surface area contributed by atoms with Gasteiger partial charge in [0.1, 0.15) is 5.75 Å². The minimum atomic E-state index is -1.35. The maximum absolute atomic E-state index is 11.0. The number of hydrogen-bond donors (Lipinski definition) is 2. The summed E-state index contributed by atoms with van der Waals surface area (Å²) in [7, 11) is 0. The topological polar surface area (TPSA) is 92.0 Å². The fourth-order valence-electron chi connectivity index (χ4n) is 4.29. The van der Waals surface area contributed by atoms with Crippen molar-refractivity contribution < 1.29 is 19.8 Å². The van der Waals surface area contributed by atoms with Gasteiger partial charge in [-0.05, 0) is 65.9 Å². The van der Waals surface area contributed by atoms with Gasteiger partial charge < -0.3 is 15.1 Å². The first kappa shape index (κ1) is 23.7. The summed E-state index contributed by atoms with van der Waals surface area (Å²) in [6.45, 7) is 3.98. The second kappa shape index (κ2) is 10.7. The molecule has 6 heteroatoms. The normalized spacial score (nSPS) is 12.2. The number of ether oxygens (including phenoxy) is 1. The van der Waals surface area contributed by atoms with Crippen LogP contribution in [0.4, 0.5) is 4.79 Å². The van der Waals surface area contributed by atoms with Crippen LogP contribution in [0.25, 0.3) is 11.1 Å². The molecule has 1 atom stereocenters. The number of rotatable bonds is 7. The Labute approximate surface area is 204 Å². The van der Waals surface area contributed by atoms with Gasteiger partial charge in [-0.25, -0.2) is 4.79 Å². The summed E-state index contributed by atoms with van der Waals surface area (Å²) in [4.78, 5) is 15.2. The summed E-state index contributed by atoms with van der Waals surface area (Å²) in [5.74, 6) is 0.188. The molecule has 176 valence electrons. The highest BCUT2D eigenvalue weighted by molar-refractivity contribution is 6.01. The molecule has 0 aliphatic rings. The maximum Gasteiger partial charge on any atom is 0.511 e. The molecule has 4 rings (SSSR count). The number of hydrogen-bond acceptors (Lipinski definition) is 5. The van der Waals surface area contributed by atoms with Gasteiger partial charge in [-0.2, -0.15) is 0 Å². The molecule has 0 saturated carbocycles. The number of nitrogens with zero attached hydrogens (tertiary/aromatic N) is 2. The van der Waals surface area contributed by atoms with Gasteiger partial charge in [-0.3, -0.25) is 4.98 Å². The molecule has 3 aromatic carbocycles. The van der Waals surface area contributed by atoms with Crippen molar-refractivity contribution in [1.29, 1.82) is 0 Å². The van der Waals surface area contributed by atoms with Gasteiger partial charge in [0.05, 0.1) is 5.71 Å². The van der Waals surface area contributed by atoms with Gasteiger partial charge in [0.25, 0.3) is 0 Å². The Hall–Kier alpha value is -4.45. The van der Waals surface area contributed by atoms with Crippen LogP contribution in [0.15, 0.2) is 96.3 Å². The van der Waals surface area contributed by atoms with E-state index in [4.69, 9.17) is 9.84 Å². The van der Waals surface area contributed by atoms with Crippen molar-refractivity contribution in [3.8, 4) is 16.9 Å². The predicted molar refractivity (Wildman–Crippen MR) is 135 cm³/mol. The summed E-state index contributed by atoms with van der Waals surface area (Å²) in [6.07, 6.45) is 0.847. The van der Waals surface area contributed by atoms with E-state index in [2.05, 4.69) is 41.3 Å². The van der Waals surface area contributed by atoms with Crippen LogP contribution < -0.4 is 4.74 Å². The molecule has 4 aromatic rings. The highest BCUT2D eigenvalue weighted by Gasteiger charge is 2.21. The quantitative estimate of drug-likeness (QED) is 0.102. The standard InChI is InChI=1S/C29H26N2O4/c1-19-7-3-4-12-26(19)27(18-28(31-34)24-13-14-30-20(2)15-24)23-10-5-8-21(16-23)22-9-6-11-25(17-22)35-29(32)33/h3-17,27,34H,18H2,1-2H3,(H,32,33). The van der Waals surface area contributed by atoms with Gasteiger partial charge in [0.2, 0.25) is 0 Å². The number of benzene rings is 3. The van der Waals surface area contributed by atoms with E-state index in [1.165, 1.54) is 0 Å². The molecule has 0 radical (unpaired) electrons. The van der Waals surface area contributed by atoms with Gasteiger partial charge >= 0.3 is 6.16 Å². The highest BCUT2D eigenvalue weighted by Crippen LogP contribution is 2.34. The van der Waals surface area contributed by atoms with Crippen LogP contribution in [0.1, 0.15) is 40.3 Å². The van der Waals surface area contributed by atoms with Crippen molar-refractivity contribution >= 4 is 11.9 Å². The maximum atomic E-state index is 11.0. The average Bonchev–Trinajstić information content (AvgIpc) is 2.85. The molecule has 0 bridgehead atoms. The minimum Gasteiger partial charge on any atom is -0.449 e. The Morgan fingerprint density at radius 1 is 0.943 bits per heavy atom. The summed E-state index contributed by atoms with van der Waals surface area (Å²) in [6, 6.07) is 27.0. The zero-order valence-corrected chi connectivity index (χ0v) is 19.6. The lowest BCUT2D eigenvalue weighted by atomic mass is 9.82. The molecule has 0 spiro atoms. The molecule has 2 N–H and O–H groups in total. The average molecular weight is 467 g/mol. The fourth-order valence-corrected chi connectivity index (χ4v) is 4.29. The van der Waals surface area contributed by atoms with Crippen LogP contribution >= 0.6 is 0 Å². The Bertz CT molecular complexity index is 1380. The lowest BCUT2D eigenvalue weighted by molar-refractivity contribution is 0.144. The Morgan fingerprint density at radius 2 is 1.69 bits per heavy atom. The molecule has 6 nitrogen and oxygen atoms in total. The number of oxime groups is 1. The number of carboxylic acid groups (broad SMARTS) is 1. The third-order valence-corrected chi connectivity index (χ3v) is 5.97. The van der Waals surface area contributed by atoms with Crippen molar-refractivity contribution in [2.45, 2.75) is 26.2 Å². The molecule has 0 aliphatic heterocycles. The molecule has 35 heavy (non-hydrogen) atoms. The minimum absolute atomic E-state index is 0.0750. The lowest BCUT2D eigenvalue weighted by Gasteiger charge is -2.22.